The second-order valence-electron chi connectivity index (χ2n) is 3.29. The van der Waals surface area contributed by atoms with Gasteiger partial charge in [-0.2, -0.15) is 10.4 Å². The third-order valence-electron chi connectivity index (χ3n) is 2.26. The van der Waals surface area contributed by atoms with Crippen LogP contribution in [0.4, 0.5) is 5.69 Å². The van der Waals surface area contributed by atoms with E-state index in [2.05, 4.69) is 11.2 Å². The maximum absolute atomic E-state index is 8.91. The van der Waals surface area contributed by atoms with Crippen LogP contribution in [0, 0.1) is 18.3 Å². The molecule has 1 heterocycles. The molecule has 74 valence electrons. The highest BCUT2D eigenvalue weighted by molar-refractivity contribution is 5.63. The molecule has 0 aliphatic rings. The van der Waals surface area contributed by atoms with Crippen molar-refractivity contribution in [2.75, 3.05) is 5.73 Å². The van der Waals surface area contributed by atoms with E-state index in [-0.39, 0.29) is 0 Å². The molecule has 2 rings (SSSR count). The van der Waals surface area contributed by atoms with E-state index >= 15 is 0 Å². The number of benzene rings is 1. The van der Waals surface area contributed by atoms with Crippen molar-refractivity contribution in [3.63, 3.8) is 0 Å². The van der Waals surface area contributed by atoms with Crippen molar-refractivity contribution < 1.29 is 0 Å². The van der Waals surface area contributed by atoms with Crippen molar-refractivity contribution in [3.05, 3.63) is 41.7 Å². The van der Waals surface area contributed by atoms with Crippen LogP contribution < -0.4 is 5.73 Å². The minimum atomic E-state index is 0.487. The van der Waals surface area contributed by atoms with Crippen molar-refractivity contribution in [2.45, 2.75) is 6.92 Å². The van der Waals surface area contributed by atoms with E-state index in [4.69, 9.17) is 11.0 Å². The molecule has 0 aliphatic heterocycles. The summed E-state index contributed by atoms with van der Waals surface area (Å²) in [6, 6.07) is 7.54. The van der Waals surface area contributed by atoms with Crippen molar-refractivity contribution in [1.29, 1.82) is 5.26 Å². The zero-order valence-electron chi connectivity index (χ0n) is 8.31. The SMILES string of the molecule is Cc1cc(-n2cccn2)cc(C#N)c1N. The first-order valence-corrected chi connectivity index (χ1v) is 4.52. The molecule has 1 aromatic heterocycles. The summed E-state index contributed by atoms with van der Waals surface area (Å²) < 4.78 is 1.70. The standard InChI is InChI=1S/C11H10N4/c1-8-5-10(15-4-2-3-14-15)6-9(7-12)11(8)13/h2-6H,13H2,1H3. The Balaban J connectivity index is 2.62. The van der Waals surface area contributed by atoms with E-state index in [9.17, 15) is 0 Å². The number of nitrogens with two attached hydrogens (primary N) is 1. The zero-order chi connectivity index (χ0) is 10.8. The average Bonchev–Trinajstić information content (AvgIpc) is 2.75. The molecule has 1 aromatic carbocycles. The first kappa shape index (κ1) is 9.28. The number of anilines is 1. The predicted octanol–water partition coefficient (Wildman–Crippen LogP) is 1.63. The molecule has 0 bridgehead atoms. The predicted molar refractivity (Wildman–Crippen MR) is 57.4 cm³/mol. The lowest BCUT2D eigenvalue weighted by molar-refractivity contribution is 0.879. The molecule has 0 fully saturated rings. The maximum Gasteiger partial charge on any atom is 0.101 e. The highest BCUT2D eigenvalue weighted by atomic mass is 15.3. The second kappa shape index (κ2) is 3.46. The summed E-state index contributed by atoms with van der Waals surface area (Å²) in [7, 11) is 0. The molecular formula is C11H10N4. The summed E-state index contributed by atoms with van der Waals surface area (Å²) in [4.78, 5) is 0. The van der Waals surface area contributed by atoms with Gasteiger partial charge in [0.2, 0.25) is 0 Å². The molecule has 2 N–H and O–H groups in total. The first-order chi connectivity index (χ1) is 7.22. The Labute approximate surface area is 87.6 Å². The fraction of sp³-hybridized carbons (Fsp3) is 0.0909. The van der Waals surface area contributed by atoms with E-state index in [1.54, 1.807) is 16.9 Å². The van der Waals surface area contributed by atoms with Crippen LogP contribution in [0.2, 0.25) is 0 Å². The van der Waals surface area contributed by atoms with Crippen LogP contribution in [0.15, 0.2) is 30.6 Å². The van der Waals surface area contributed by atoms with Crippen LogP contribution >= 0.6 is 0 Å². The van der Waals surface area contributed by atoms with Gasteiger partial charge in [0.05, 0.1) is 16.9 Å². The van der Waals surface area contributed by atoms with Gasteiger partial charge in [-0.1, -0.05) is 0 Å². The van der Waals surface area contributed by atoms with Crippen LogP contribution in [0.25, 0.3) is 5.69 Å². The smallest absolute Gasteiger partial charge is 0.101 e. The number of nitriles is 1. The van der Waals surface area contributed by atoms with Crippen molar-refractivity contribution >= 4 is 5.69 Å². The van der Waals surface area contributed by atoms with Crippen LogP contribution in [-0.4, -0.2) is 9.78 Å². The van der Waals surface area contributed by atoms with Gasteiger partial charge in [-0.05, 0) is 30.7 Å². The normalized spacial score (nSPS) is 9.87. The van der Waals surface area contributed by atoms with E-state index < -0.39 is 0 Å². The van der Waals surface area contributed by atoms with E-state index in [1.165, 1.54) is 0 Å². The minimum absolute atomic E-state index is 0.487. The number of aromatic nitrogens is 2. The van der Waals surface area contributed by atoms with Gasteiger partial charge in [-0.15, -0.1) is 0 Å². The van der Waals surface area contributed by atoms with Gasteiger partial charge in [0, 0.05) is 12.4 Å². The summed E-state index contributed by atoms with van der Waals surface area (Å²) in [5.41, 5.74) is 8.52. The molecule has 0 saturated carbocycles. The lowest BCUT2D eigenvalue weighted by Crippen LogP contribution is -2.00. The van der Waals surface area contributed by atoms with E-state index in [0.717, 1.165) is 11.3 Å². The fourth-order valence-corrected chi connectivity index (χ4v) is 1.43. The fourth-order valence-electron chi connectivity index (χ4n) is 1.43. The largest absolute Gasteiger partial charge is 0.397 e. The topological polar surface area (TPSA) is 67.6 Å². The van der Waals surface area contributed by atoms with Crippen molar-refractivity contribution in [2.24, 2.45) is 0 Å². The molecule has 0 spiro atoms. The molecule has 0 saturated heterocycles. The lowest BCUT2D eigenvalue weighted by atomic mass is 10.1. The van der Waals surface area contributed by atoms with Crippen LogP contribution in [0.5, 0.6) is 0 Å². The molecular weight excluding hydrogens is 188 g/mol. The first-order valence-electron chi connectivity index (χ1n) is 4.52. The summed E-state index contributed by atoms with van der Waals surface area (Å²) in [5.74, 6) is 0. The number of aryl methyl sites for hydroxylation is 1. The van der Waals surface area contributed by atoms with Crippen molar-refractivity contribution in [3.8, 4) is 11.8 Å². The molecule has 0 atom stereocenters. The Morgan fingerprint density at radius 3 is 2.87 bits per heavy atom. The van der Waals surface area contributed by atoms with Gasteiger partial charge in [-0.25, -0.2) is 4.68 Å². The number of nitrogen functional groups attached to an aromatic ring is 1. The highest BCUT2D eigenvalue weighted by Crippen LogP contribution is 2.20. The van der Waals surface area contributed by atoms with Crippen LogP contribution in [0.1, 0.15) is 11.1 Å². The molecule has 4 nitrogen and oxygen atoms in total. The van der Waals surface area contributed by atoms with Gasteiger partial charge in [0.25, 0.3) is 0 Å². The van der Waals surface area contributed by atoms with Gasteiger partial charge in [0.1, 0.15) is 6.07 Å². The summed E-state index contributed by atoms with van der Waals surface area (Å²) in [6.45, 7) is 1.88. The Hall–Kier alpha value is -2.28. The average molecular weight is 198 g/mol. The monoisotopic (exact) mass is 198 g/mol. The Morgan fingerprint density at radius 1 is 1.47 bits per heavy atom. The molecule has 15 heavy (non-hydrogen) atoms. The number of hydrogen-bond donors (Lipinski definition) is 1. The van der Waals surface area contributed by atoms with Gasteiger partial charge in [0.15, 0.2) is 0 Å². The van der Waals surface area contributed by atoms with Gasteiger partial charge in [-0.3, -0.25) is 0 Å². The third kappa shape index (κ3) is 1.55. The van der Waals surface area contributed by atoms with Crippen molar-refractivity contribution in [1.82, 2.24) is 9.78 Å². The molecule has 4 heteroatoms. The Kier molecular flexibility index (Phi) is 2.14. The molecule has 0 amide bonds. The molecule has 0 unspecified atom stereocenters. The van der Waals surface area contributed by atoms with Gasteiger partial charge >= 0.3 is 0 Å². The lowest BCUT2D eigenvalue weighted by Gasteiger charge is -2.07. The molecule has 0 radical (unpaired) electrons. The maximum atomic E-state index is 8.91. The number of nitrogens with zero attached hydrogens (tertiary/aromatic N) is 3. The van der Waals surface area contributed by atoms with E-state index in [0.29, 0.717) is 11.3 Å². The van der Waals surface area contributed by atoms with E-state index in [1.807, 2.05) is 25.3 Å². The zero-order valence-corrected chi connectivity index (χ0v) is 8.31. The van der Waals surface area contributed by atoms with Gasteiger partial charge < -0.3 is 5.73 Å². The third-order valence-corrected chi connectivity index (χ3v) is 2.26. The van der Waals surface area contributed by atoms with Crippen LogP contribution in [-0.2, 0) is 0 Å². The number of rotatable bonds is 1. The quantitative estimate of drug-likeness (QED) is 0.708. The number of hydrogen-bond acceptors (Lipinski definition) is 3. The van der Waals surface area contributed by atoms with Crippen LogP contribution in [0.3, 0.4) is 0 Å². The summed E-state index contributed by atoms with van der Waals surface area (Å²) in [6.07, 6.45) is 3.52. The second-order valence-corrected chi connectivity index (χ2v) is 3.29. The molecule has 0 aliphatic carbocycles. The Bertz CT molecular complexity index is 520. The summed E-state index contributed by atoms with van der Waals surface area (Å²) in [5, 5.41) is 13.0. The highest BCUT2D eigenvalue weighted by Gasteiger charge is 2.05. The Morgan fingerprint density at radius 2 is 2.27 bits per heavy atom. The molecule has 2 aromatic rings. The summed E-state index contributed by atoms with van der Waals surface area (Å²) >= 11 is 0. The minimum Gasteiger partial charge on any atom is -0.397 e.